The highest BCUT2D eigenvalue weighted by molar-refractivity contribution is 8.02. The normalized spacial score (nSPS) is 17.2. The molecule has 0 aliphatic carbocycles. The summed E-state index contributed by atoms with van der Waals surface area (Å²) in [6, 6.07) is 6.89. The number of benzene rings is 1. The molecule has 2 aromatic rings. The molecule has 0 saturated carbocycles. The Bertz CT molecular complexity index is 823. The molecule has 0 amide bonds. The molecule has 1 N–H and O–H groups in total. The quantitative estimate of drug-likeness (QED) is 0.856. The van der Waals surface area contributed by atoms with Gasteiger partial charge in [-0.05, 0) is 22.8 Å². The first-order valence-corrected chi connectivity index (χ1v) is 7.19. The van der Waals surface area contributed by atoms with Gasteiger partial charge in [-0.3, -0.25) is 0 Å². The van der Waals surface area contributed by atoms with Crippen molar-refractivity contribution in [3.63, 3.8) is 0 Å². The van der Waals surface area contributed by atoms with Crippen LogP contribution < -0.4 is 4.31 Å². The van der Waals surface area contributed by atoms with Gasteiger partial charge in [-0.15, -0.1) is 0 Å². The Morgan fingerprint density at radius 2 is 1.95 bits per heavy atom. The second-order valence-corrected chi connectivity index (χ2v) is 6.31. The first kappa shape index (κ1) is 12.7. The first-order chi connectivity index (χ1) is 9.44. The van der Waals surface area contributed by atoms with Crippen LogP contribution in [-0.2, 0) is 10.0 Å². The number of hydrogen-bond donors (Lipinski definition) is 1. The maximum absolute atomic E-state index is 12.5. The van der Waals surface area contributed by atoms with Crippen molar-refractivity contribution in [3.8, 4) is 0 Å². The van der Waals surface area contributed by atoms with Crippen LogP contribution in [0.15, 0.2) is 28.9 Å². The number of nitrogens with zero attached hydrogens (tertiary/aromatic N) is 3. The van der Waals surface area contributed by atoms with Crippen LogP contribution in [0.5, 0.6) is 0 Å². The number of rotatable bonds is 1. The monoisotopic (exact) mass is 293 g/mol. The van der Waals surface area contributed by atoms with Gasteiger partial charge in [0.1, 0.15) is 4.91 Å². The standard InChI is InChI=1S/C12H11N3O4S/c1-7-5-3-4-6-8(7)11-10(16)9-12(14-19-13-9)15(2)20(11,17)18/h3-6,16H,1-2H3. The maximum Gasteiger partial charge on any atom is 0.269 e. The minimum Gasteiger partial charge on any atom is -0.504 e. The van der Waals surface area contributed by atoms with Gasteiger partial charge in [-0.25, -0.2) is 17.4 Å². The molecule has 104 valence electrons. The Kier molecular flexibility index (Phi) is 2.58. The maximum atomic E-state index is 12.5. The van der Waals surface area contributed by atoms with Crippen LogP contribution in [0.3, 0.4) is 0 Å². The second kappa shape index (κ2) is 4.07. The Hall–Kier alpha value is -2.35. The predicted octanol–water partition coefficient (Wildman–Crippen LogP) is 1.54. The molecule has 3 rings (SSSR count). The van der Waals surface area contributed by atoms with Gasteiger partial charge in [0.25, 0.3) is 10.0 Å². The first-order valence-electron chi connectivity index (χ1n) is 5.75. The van der Waals surface area contributed by atoms with Gasteiger partial charge < -0.3 is 5.11 Å². The van der Waals surface area contributed by atoms with Gasteiger partial charge in [-0.1, -0.05) is 24.3 Å². The summed E-state index contributed by atoms with van der Waals surface area (Å²) in [5, 5.41) is 17.3. The van der Waals surface area contributed by atoms with Crippen molar-refractivity contribution in [1.29, 1.82) is 0 Å². The number of aliphatic hydroxyl groups excluding tert-OH is 1. The van der Waals surface area contributed by atoms with E-state index in [0.717, 1.165) is 9.87 Å². The van der Waals surface area contributed by atoms with E-state index in [0.29, 0.717) is 5.56 Å². The molecule has 1 aliphatic rings. The van der Waals surface area contributed by atoms with E-state index in [4.69, 9.17) is 0 Å². The molecule has 0 atom stereocenters. The fourth-order valence-corrected chi connectivity index (χ4v) is 3.58. The number of aromatic nitrogens is 2. The van der Waals surface area contributed by atoms with Gasteiger partial charge in [0.05, 0.1) is 0 Å². The molecule has 0 unspecified atom stereocenters. The molecule has 0 bridgehead atoms. The van der Waals surface area contributed by atoms with Crippen molar-refractivity contribution >= 4 is 26.5 Å². The van der Waals surface area contributed by atoms with Gasteiger partial charge in [0.2, 0.25) is 5.82 Å². The molecule has 1 aromatic heterocycles. The highest BCUT2D eigenvalue weighted by Crippen LogP contribution is 2.40. The molecule has 20 heavy (non-hydrogen) atoms. The largest absolute Gasteiger partial charge is 0.504 e. The van der Waals surface area contributed by atoms with Crippen molar-refractivity contribution < 1.29 is 18.2 Å². The van der Waals surface area contributed by atoms with E-state index in [1.807, 2.05) is 0 Å². The smallest absolute Gasteiger partial charge is 0.269 e. The lowest BCUT2D eigenvalue weighted by Crippen LogP contribution is -2.32. The average molecular weight is 293 g/mol. The fraction of sp³-hybridized carbons (Fsp3) is 0.167. The summed E-state index contributed by atoms with van der Waals surface area (Å²) in [5.41, 5.74) is 1.16. The van der Waals surface area contributed by atoms with Crippen LogP contribution in [0, 0.1) is 6.92 Å². The number of aliphatic hydroxyl groups is 1. The van der Waals surface area contributed by atoms with Crippen LogP contribution in [0.25, 0.3) is 10.7 Å². The van der Waals surface area contributed by atoms with Crippen molar-refractivity contribution in [2.75, 3.05) is 11.4 Å². The lowest BCUT2D eigenvalue weighted by atomic mass is 10.1. The number of fused-ring (bicyclic) bond motifs is 1. The third kappa shape index (κ3) is 1.54. The lowest BCUT2D eigenvalue weighted by Gasteiger charge is -2.24. The SMILES string of the molecule is Cc1ccccc1C1=C(O)c2nonc2N(C)S1(=O)=O. The average Bonchev–Trinajstić information content (AvgIpc) is 2.88. The summed E-state index contributed by atoms with van der Waals surface area (Å²) in [4.78, 5) is -0.193. The van der Waals surface area contributed by atoms with Crippen molar-refractivity contribution in [1.82, 2.24) is 10.3 Å². The van der Waals surface area contributed by atoms with E-state index in [9.17, 15) is 13.5 Å². The molecule has 0 fully saturated rings. The molecule has 8 heteroatoms. The van der Waals surface area contributed by atoms with Crippen LogP contribution in [-0.4, -0.2) is 30.9 Å². The Morgan fingerprint density at radius 1 is 1.25 bits per heavy atom. The fourth-order valence-electron chi connectivity index (χ4n) is 2.11. The molecule has 1 aliphatic heterocycles. The van der Waals surface area contributed by atoms with E-state index >= 15 is 0 Å². The van der Waals surface area contributed by atoms with Crippen molar-refractivity contribution in [2.45, 2.75) is 6.92 Å². The molecular formula is C12H11N3O4S. The van der Waals surface area contributed by atoms with E-state index in [2.05, 4.69) is 14.9 Å². The zero-order valence-electron chi connectivity index (χ0n) is 10.7. The van der Waals surface area contributed by atoms with E-state index in [1.165, 1.54) is 7.05 Å². The van der Waals surface area contributed by atoms with Crippen LogP contribution in [0.1, 0.15) is 16.8 Å². The molecule has 2 heterocycles. The van der Waals surface area contributed by atoms with Gasteiger partial charge in [0, 0.05) is 12.6 Å². The summed E-state index contributed by atoms with van der Waals surface area (Å²) in [6.07, 6.45) is 0. The number of aryl methyl sites for hydroxylation is 1. The summed E-state index contributed by atoms with van der Waals surface area (Å²) >= 11 is 0. The molecule has 7 nitrogen and oxygen atoms in total. The number of sulfonamides is 1. The van der Waals surface area contributed by atoms with E-state index in [1.54, 1.807) is 31.2 Å². The highest BCUT2D eigenvalue weighted by Gasteiger charge is 2.40. The number of anilines is 1. The summed E-state index contributed by atoms with van der Waals surface area (Å²) in [6.45, 7) is 1.77. The van der Waals surface area contributed by atoms with Crippen LogP contribution in [0.2, 0.25) is 0 Å². The minimum absolute atomic E-state index is 0.0144. The second-order valence-electron chi connectivity index (χ2n) is 4.40. The van der Waals surface area contributed by atoms with Crippen molar-refractivity contribution in [3.05, 3.63) is 41.1 Å². The van der Waals surface area contributed by atoms with Crippen LogP contribution >= 0.6 is 0 Å². The Labute approximate surface area is 115 Å². The third-order valence-electron chi connectivity index (χ3n) is 3.22. The molecule has 0 radical (unpaired) electrons. The Morgan fingerprint density at radius 3 is 2.65 bits per heavy atom. The van der Waals surface area contributed by atoms with E-state index < -0.39 is 15.8 Å². The minimum atomic E-state index is -3.91. The van der Waals surface area contributed by atoms with Crippen LogP contribution in [0.4, 0.5) is 5.82 Å². The van der Waals surface area contributed by atoms with Crippen molar-refractivity contribution in [2.24, 2.45) is 0 Å². The summed E-state index contributed by atoms with van der Waals surface area (Å²) in [7, 11) is -2.57. The zero-order valence-corrected chi connectivity index (χ0v) is 11.5. The van der Waals surface area contributed by atoms with E-state index in [-0.39, 0.29) is 16.4 Å². The summed E-state index contributed by atoms with van der Waals surface area (Å²) < 4.78 is 30.5. The third-order valence-corrected chi connectivity index (χ3v) is 5.04. The highest BCUT2D eigenvalue weighted by atomic mass is 32.2. The molecular weight excluding hydrogens is 282 g/mol. The predicted molar refractivity (Wildman–Crippen MR) is 72.2 cm³/mol. The Balaban J connectivity index is 2.39. The topological polar surface area (TPSA) is 96.5 Å². The lowest BCUT2D eigenvalue weighted by molar-refractivity contribution is 0.305. The van der Waals surface area contributed by atoms with Gasteiger partial charge >= 0.3 is 0 Å². The molecule has 0 saturated heterocycles. The summed E-state index contributed by atoms with van der Waals surface area (Å²) in [5.74, 6) is -0.478. The van der Waals surface area contributed by atoms with Gasteiger partial charge in [-0.2, -0.15) is 0 Å². The molecule has 0 spiro atoms. The zero-order chi connectivity index (χ0) is 14.5. The van der Waals surface area contributed by atoms with Gasteiger partial charge in [0.15, 0.2) is 11.5 Å². The number of hydrogen-bond acceptors (Lipinski definition) is 6. The molecule has 1 aromatic carbocycles.